The van der Waals surface area contributed by atoms with Crippen molar-refractivity contribution in [1.82, 2.24) is 19.5 Å². The molecule has 0 aliphatic heterocycles. The van der Waals surface area contributed by atoms with Crippen molar-refractivity contribution in [2.75, 3.05) is 5.32 Å². The molecule has 0 atom stereocenters. The molecule has 0 unspecified atom stereocenters. The van der Waals surface area contributed by atoms with Crippen molar-refractivity contribution in [3.05, 3.63) is 73.7 Å². The summed E-state index contributed by atoms with van der Waals surface area (Å²) in [5.74, 6) is 0.442. The van der Waals surface area contributed by atoms with E-state index in [0.29, 0.717) is 18.8 Å². The average molecular weight is 383 g/mol. The van der Waals surface area contributed by atoms with Crippen molar-refractivity contribution in [3.63, 3.8) is 0 Å². The molecule has 1 N–H and O–H groups in total. The first-order chi connectivity index (χ1) is 14.2. The van der Waals surface area contributed by atoms with Gasteiger partial charge in [0.2, 0.25) is 5.91 Å². The Morgan fingerprint density at radius 2 is 1.86 bits per heavy atom. The van der Waals surface area contributed by atoms with Gasteiger partial charge in [-0.05, 0) is 17.7 Å². The van der Waals surface area contributed by atoms with Crippen molar-refractivity contribution in [3.8, 4) is 22.4 Å². The molecule has 6 nitrogen and oxygen atoms in total. The number of hydrogen-bond donors (Lipinski definition) is 1. The molecule has 0 radical (unpaired) electrons. The average Bonchev–Trinajstić information content (AvgIpc) is 3.09. The van der Waals surface area contributed by atoms with Gasteiger partial charge in [-0.15, -0.1) is 6.58 Å². The number of benzene rings is 1. The van der Waals surface area contributed by atoms with Crippen LogP contribution in [0.4, 0.5) is 5.82 Å². The Labute approximate surface area is 169 Å². The number of carbonyl (C=O) groups excluding carboxylic acids is 1. The molecule has 1 amide bonds. The second-order valence-corrected chi connectivity index (χ2v) is 6.55. The van der Waals surface area contributed by atoms with Crippen LogP contribution >= 0.6 is 0 Å². The van der Waals surface area contributed by atoms with E-state index in [1.807, 2.05) is 43.3 Å². The van der Waals surface area contributed by atoms with Crippen LogP contribution in [-0.2, 0) is 11.3 Å². The summed E-state index contributed by atoms with van der Waals surface area (Å²) in [7, 11) is 0. The third-order valence-corrected chi connectivity index (χ3v) is 4.67. The fraction of sp³-hybridized carbons (Fsp3) is 0.130. The van der Waals surface area contributed by atoms with Crippen LogP contribution in [0.2, 0.25) is 0 Å². The van der Waals surface area contributed by atoms with Gasteiger partial charge in [0, 0.05) is 42.7 Å². The number of nitrogens with one attached hydrogen (secondary N) is 1. The van der Waals surface area contributed by atoms with Crippen LogP contribution in [-0.4, -0.2) is 25.4 Å². The molecule has 4 aromatic rings. The van der Waals surface area contributed by atoms with E-state index in [-0.39, 0.29) is 5.91 Å². The van der Waals surface area contributed by atoms with E-state index < -0.39 is 0 Å². The highest BCUT2D eigenvalue weighted by molar-refractivity contribution is 6.01. The molecular formula is C23H21N5O. The highest BCUT2D eigenvalue weighted by atomic mass is 16.1. The SMILES string of the molecule is C=CCn1c(-c2ccnc(NC(=O)CC)c2)c(-c2ccccc2)c2nccnc21. The Morgan fingerprint density at radius 3 is 2.62 bits per heavy atom. The minimum Gasteiger partial charge on any atom is -0.320 e. The summed E-state index contributed by atoms with van der Waals surface area (Å²) in [4.78, 5) is 25.3. The zero-order chi connectivity index (χ0) is 20.2. The lowest BCUT2D eigenvalue weighted by molar-refractivity contribution is -0.115. The zero-order valence-corrected chi connectivity index (χ0v) is 16.2. The molecule has 4 rings (SSSR count). The van der Waals surface area contributed by atoms with Crippen LogP contribution in [0, 0.1) is 0 Å². The van der Waals surface area contributed by atoms with E-state index in [4.69, 9.17) is 0 Å². The van der Waals surface area contributed by atoms with Crippen molar-refractivity contribution in [2.45, 2.75) is 19.9 Å². The molecule has 0 bridgehead atoms. The normalized spacial score (nSPS) is 10.8. The lowest BCUT2D eigenvalue weighted by Crippen LogP contribution is -2.10. The fourth-order valence-electron chi connectivity index (χ4n) is 3.42. The summed E-state index contributed by atoms with van der Waals surface area (Å²) >= 11 is 0. The number of aromatic nitrogens is 4. The molecule has 3 aromatic heterocycles. The van der Waals surface area contributed by atoms with Gasteiger partial charge in [0.05, 0.1) is 5.69 Å². The van der Waals surface area contributed by atoms with Crippen molar-refractivity contribution in [2.24, 2.45) is 0 Å². The Morgan fingerprint density at radius 1 is 1.07 bits per heavy atom. The third kappa shape index (κ3) is 3.52. The van der Waals surface area contributed by atoms with Gasteiger partial charge in [0.15, 0.2) is 5.65 Å². The number of pyridine rings is 1. The third-order valence-electron chi connectivity index (χ3n) is 4.67. The molecule has 6 heteroatoms. The largest absolute Gasteiger partial charge is 0.320 e. The predicted octanol–water partition coefficient (Wildman–Crippen LogP) is 4.69. The molecule has 144 valence electrons. The topological polar surface area (TPSA) is 72.7 Å². The number of fused-ring (bicyclic) bond motifs is 1. The van der Waals surface area contributed by atoms with Crippen LogP contribution in [0.1, 0.15) is 13.3 Å². The quantitative estimate of drug-likeness (QED) is 0.490. The standard InChI is InChI=1S/C23H21N5O/c1-3-14-28-22(17-10-11-24-18(15-17)27-19(29)4-2)20(16-8-6-5-7-9-16)21-23(28)26-13-12-25-21/h3,5-13,15H,1,4,14H2,2H3,(H,24,27,29). The van der Waals surface area contributed by atoms with Crippen molar-refractivity contribution < 1.29 is 4.79 Å². The predicted molar refractivity (Wildman–Crippen MR) is 115 cm³/mol. The summed E-state index contributed by atoms with van der Waals surface area (Å²) in [6.45, 7) is 6.30. The number of anilines is 1. The molecule has 3 heterocycles. The van der Waals surface area contributed by atoms with Gasteiger partial charge in [-0.25, -0.2) is 9.97 Å². The van der Waals surface area contributed by atoms with Crippen molar-refractivity contribution >= 4 is 22.9 Å². The molecule has 0 aliphatic carbocycles. The van der Waals surface area contributed by atoms with Crippen LogP contribution in [0.15, 0.2) is 73.7 Å². The minimum atomic E-state index is -0.0760. The first-order valence-corrected chi connectivity index (χ1v) is 9.48. The molecule has 0 saturated carbocycles. The Bertz CT molecular complexity index is 1180. The molecule has 1 aromatic carbocycles. The molecular weight excluding hydrogens is 362 g/mol. The number of nitrogens with zero attached hydrogens (tertiary/aromatic N) is 4. The molecule has 29 heavy (non-hydrogen) atoms. The summed E-state index contributed by atoms with van der Waals surface area (Å²) in [5, 5.41) is 2.84. The van der Waals surface area contributed by atoms with Crippen molar-refractivity contribution in [1.29, 1.82) is 0 Å². The van der Waals surface area contributed by atoms with E-state index >= 15 is 0 Å². The van der Waals surface area contributed by atoms with E-state index in [0.717, 1.165) is 33.5 Å². The molecule has 0 aliphatic rings. The van der Waals surface area contributed by atoms with Gasteiger partial charge in [-0.3, -0.25) is 9.78 Å². The number of carbonyl (C=O) groups is 1. The number of rotatable bonds is 6. The summed E-state index contributed by atoms with van der Waals surface area (Å²) in [6, 6.07) is 13.9. The van der Waals surface area contributed by atoms with E-state index in [1.54, 1.807) is 18.6 Å². The van der Waals surface area contributed by atoms with Gasteiger partial charge >= 0.3 is 0 Å². The summed E-state index contributed by atoms with van der Waals surface area (Å²) in [6.07, 6.45) is 7.33. The number of allylic oxidation sites excluding steroid dienone is 1. The van der Waals surface area contributed by atoms with Crippen LogP contribution in [0.3, 0.4) is 0 Å². The van der Waals surface area contributed by atoms with Gasteiger partial charge in [-0.2, -0.15) is 0 Å². The highest BCUT2D eigenvalue weighted by Gasteiger charge is 2.21. The maximum absolute atomic E-state index is 11.8. The van der Waals surface area contributed by atoms with E-state index in [2.05, 4.69) is 43.5 Å². The smallest absolute Gasteiger partial charge is 0.225 e. The monoisotopic (exact) mass is 383 g/mol. The Kier molecular flexibility index (Phi) is 5.16. The number of hydrogen-bond acceptors (Lipinski definition) is 4. The zero-order valence-electron chi connectivity index (χ0n) is 16.2. The maximum atomic E-state index is 11.8. The maximum Gasteiger partial charge on any atom is 0.225 e. The molecule has 0 saturated heterocycles. The highest BCUT2D eigenvalue weighted by Crippen LogP contribution is 2.39. The molecule has 0 spiro atoms. The first-order valence-electron chi connectivity index (χ1n) is 9.48. The van der Waals surface area contributed by atoms with E-state index in [1.165, 1.54) is 0 Å². The summed E-state index contributed by atoms with van der Waals surface area (Å²) < 4.78 is 2.10. The van der Waals surface area contributed by atoms with Crippen LogP contribution < -0.4 is 5.32 Å². The second-order valence-electron chi connectivity index (χ2n) is 6.55. The fourth-order valence-corrected chi connectivity index (χ4v) is 3.42. The van der Waals surface area contributed by atoms with Gasteiger partial charge < -0.3 is 9.88 Å². The lowest BCUT2D eigenvalue weighted by Gasteiger charge is -2.12. The van der Waals surface area contributed by atoms with Gasteiger partial charge in [0.25, 0.3) is 0 Å². The Hall–Kier alpha value is -3.80. The lowest BCUT2D eigenvalue weighted by atomic mass is 10.0. The van der Waals surface area contributed by atoms with Crippen LogP contribution in [0.5, 0.6) is 0 Å². The van der Waals surface area contributed by atoms with Gasteiger partial charge in [-0.1, -0.05) is 43.3 Å². The second kappa shape index (κ2) is 8.06. The van der Waals surface area contributed by atoms with E-state index in [9.17, 15) is 4.79 Å². The van der Waals surface area contributed by atoms with Gasteiger partial charge in [0.1, 0.15) is 11.3 Å². The number of amides is 1. The van der Waals surface area contributed by atoms with Crippen LogP contribution in [0.25, 0.3) is 33.5 Å². The summed E-state index contributed by atoms with van der Waals surface area (Å²) in [5.41, 5.74) is 5.55. The first kappa shape index (κ1) is 18.6. The minimum absolute atomic E-state index is 0.0760. The molecule has 0 fully saturated rings. The Balaban J connectivity index is 2.01.